The average Bonchev–Trinajstić information content (AvgIpc) is 3.16. The SMILES string of the molecule is Cc1ccc(COc2ccc(/C=C(/Sc3nc4ccccc4o3)C(=O)[O-])cc2)cc1. The predicted molar refractivity (Wildman–Crippen MR) is 115 cm³/mol. The van der Waals surface area contributed by atoms with Crippen LogP contribution in [-0.2, 0) is 11.4 Å². The topological polar surface area (TPSA) is 75.4 Å². The first-order chi connectivity index (χ1) is 14.6. The van der Waals surface area contributed by atoms with Crippen LogP contribution < -0.4 is 9.84 Å². The van der Waals surface area contributed by atoms with Gasteiger partial charge in [0.25, 0.3) is 5.22 Å². The largest absolute Gasteiger partial charge is 0.544 e. The van der Waals surface area contributed by atoms with Gasteiger partial charge in [0.05, 0.1) is 5.97 Å². The number of oxazole rings is 1. The summed E-state index contributed by atoms with van der Waals surface area (Å²) in [6, 6.07) is 22.6. The second kappa shape index (κ2) is 8.88. The van der Waals surface area contributed by atoms with Crippen LogP contribution in [0.25, 0.3) is 17.2 Å². The summed E-state index contributed by atoms with van der Waals surface area (Å²) >= 11 is 0.920. The molecule has 0 saturated heterocycles. The summed E-state index contributed by atoms with van der Waals surface area (Å²) in [6.45, 7) is 2.51. The van der Waals surface area contributed by atoms with Gasteiger partial charge in [0.15, 0.2) is 5.58 Å². The number of rotatable bonds is 7. The van der Waals surface area contributed by atoms with Crippen LogP contribution in [-0.4, -0.2) is 11.0 Å². The van der Waals surface area contributed by atoms with Gasteiger partial charge >= 0.3 is 0 Å². The van der Waals surface area contributed by atoms with Gasteiger partial charge in [0.2, 0.25) is 0 Å². The fourth-order valence-electron chi connectivity index (χ4n) is 2.78. The Morgan fingerprint density at radius 2 is 1.80 bits per heavy atom. The van der Waals surface area contributed by atoms with Crippen molar-refractivity contribution in [2.45, 2.75) is 18.8 Å². The molecule has 30 heavy (non-hydrogen) atoms. The van der Waals surface area contributed by atoms with E-state index in [2.05, 4.69) is 4.98 Å². The normalized spacial score (nSPS) is 11.6. The summed E-state index contributed by atoms with van der Waals surface area (Å²) in [5, 5.41) is 11.8. The van der Waals surface area contributed by atoms with Crippen LogP contribution in [0, 0.1) is 6.92 Å². The van der Waals surface area contributed by atoms with Crippen molar-refractivity contribution in [3.05, 3.63) is 94.4 Å². The van der Waals surface area contributed by atoms with Gasteiger partial charge in [0, 0.05) is 4.91 Å². The van der Waals surface area contributed by atoms with Crippen molar-refractivity contribution in [3.8, 4) is 5.75 Å². The number of carboxylic acid groups (broad SMARTS) is 1. The fourth-order valence-corrected chi connectivity index (χ4v) is 3.52. The predicted octanol–water partition coefficient (Wildman–Crippen LogP) is 4.60. The summed E-state index contributed by atoms with van der Waals surface area (Å²) in [5.41, 5.74) is 4.27. The third-order valence-corrected chi connectivity index (χ3v) is 5.23. The number of fused-ring (bicyclic) bond motifs is 1. The summed E-state index contributed by atoms with van der Waals surface area (Å²) in [7, 11) is 0. The van der Waals surface area contributed by atoms with Crippen LogP contribution in [0.2, 0.25) is 0 Å². The van der Waals surface area contributed by atoms with E-state index in [1.54, 1.807) is 36.4 Å². The van der Waals surface area contributed by atoms with E-state index in [0.717, 1.165) is 17.3 Å². The lowest BCUT2D eigenvalue weighted by Crippen LogP contribution is -2.22. The third kappa shape index (κ3) is 4.90. The lowest BCUT2D eigenvalue weighted by Gasteiger charge is -2.08. The van der Waals surface area contributed by atoms with Crippen molar-refractivity contribution in [2.24, 2.45) is 0 Å². The number of para-hydroxylation sites is 2. The number of aromatic nitrogens is 1. The van der Waals surface area contributed by atoms with Crippen molar-refractivity contribution < 1.29 is 19.1 Å². The molecular formula is C24H18NO4S-. The lowest BCUT2D eigenvalue weighted by atomic mass is 10.1. The van der Waals surface area contributed by atoms with E-state index in [1.165, 1.54) is 11.6 Å². The van der Waals surface area contributed by atoms with E-state index >= 15 is 0 Å². The van der Waals surface area contributed by atoms with Gasteiger partial charge < -0.3 is 19.1 Å². The molecule has 0 aliphatic rings. The molecule has 0 atom stereocenters. The molecule has 0 saturated carbocycles. The summed E-state index contributed by atoms with van der Waals surface area (Å²) in [4.78, 5) is 15.9. The molecule has 4 rings (SSSR count). The van der Waals surface area contributed by atoms with Crippen molar-refractivity contribution in [2.75, 3.05) is 0 Å². The number of hydrogen-bond donors (Lipinski definition) is 0. The van der Waals surface area contributed by atoms with Crippen molar-refractivity contribution >= 4 is 34.9 Å². The zero-order valence-corrected chi connectivity index (χ0v) is 17.0. The van der Waals surface area contributed by atoms with Crippen LogP contribution >= 0.6 is 11.8 Å². The molecular weight excluding hydrogens is 398 g/mol. The number of nitrogens with zero attached hydrogens (tertiary/aromatic N) is 1. The number of carboxylic acids is 1. The molecule has 0 aliphatic carbocycles. The number of aryl methyl sites for hydroxylation is 1. The quantitative estimate of drug-likeness (QED) is 0.324. The Balaban J connectivity index is 1.45. The number of ether oxygens (including phenoxy) is 1. The second-order valence-corrected chi connectivity index (χ2v) is 7.68. The number of benzene rings is 3. The number of carbonyl (C=O) groups excluding carboxylic acids is 1. The maximum absolute atomic E-state index is 11.6. The molecule has 0 fully saturated rings. The Morgan fingerprint density at radius 3 is 2.50 bits per heavy atom. The van der Waals surface area contributed by atoms with Crippen LogP contribution in [0.3, 0.4) is 0 Å². The van der Waals surface area contributed by atoms with Gasteiger partial charge in [-0.2, -0.15) is 0 Å². The van der Waals surface area contributed by atoms with Gasteiger partial charge in [-0.1, -0.05) is 54.1 Å². The van der Waals surface area contributed by atoms with E-state index in [-0.39, 0.29) is 10.1 Å². The molecule has 6 heteroatoms. The molecule has 0 radical (unpaired) electrons. The van der Waals surface area contributed by atoms with E-state index in [9.17, 15) is 9.90 Å². The number of hydrogen-bond acceptors (Lipinski definition) is 6. The maximum Gasteiger partial charge on any atom is 0.261 e. The highest BCUT2D eigenvalue weighted by Crippen LogP contribution is 2.30. The van der Waals surface area contributed by atoms with Crippen molar-refractivity contribution in [1.29, 1.82) is 0 Å². The third-order valence-electron chi connectivity index (χ3n) is 4.38. The van der Waals surface area contributed by atoms with Crippen LogP contribution in [0.5, 0.6) is 5.75 Å². The smallest absolute Gasteiger partial charge is 0.261 e. The van der Waals surface area contributed by atoms with Crippen LogP contribution in [0.15, 0.2) is 87.3 Å². The molecule has 4 aromatic rings. The molecule has 0 unspecified atom stereocenters. The van der Waals surface area contributed by atoms with Gasteiger partial charge in [-0.3, -0.25) is 0 Å². The first-order valence-corrected chi connectivity index (χ1v) is 10.1. The second-order valence-electron chi connectivity index (χ2n) is 6.69. The first-order valence-electron chi connectivity index (χ1n) is 9.32. The maximum atomic E-state index is 11.6. The Bertz CT molecular complexity index is 1160. The molecule has 0 bridgehead atoms. The Morgan fingerprint density at radius 1 is 1.07 bits per heavy atom. The molecule has 150 valence electrons. The van der Waals surface area contributed by atoms with E-state index in [1.807, 2.05) is 43.3 Å². The van der Waals surface area contributed by atoms with Crippen molar-refractivity contribution in [1.82, 2.24) is 4.98 Å². The van der Waals surface area contributed by atoms with Gasteiger partial charge in [0.1, 0.15) is 17.9 Å². The molecule has 1 heterocycles. The van der Waals surface area contributed by atoms with Crippen LogP contribution in [0.4, 0.5) is 0 Å². The Labute approximate surface area is 178 Å². The molecule has 3 aromatic carbocycles. The monoisotopic (exact) mass is 416 g/mol. The molecule has 0 aliphatic heterocycles. The first kappa shape index (κ1) is 19.8. The molecule has 0 spiro atoms. The number of aliphatic carboxylic acids is 1. The Kier molecular flexibility index (Phi) is 5.86. The number of carbonyl (C=O) groups is 1. The summed E-state index contributed by atoms with van der Waals surface area (Å²) in [5.74, 6) is -0.587. The van der Waals surface area contributed by atoms with Gasteiger partial charge in [-0.15, -0.1) is 0 Å². The fraction of sp³-hybridized carbons (Fsp3) is 0.0833. The number of thioether (sulfide) groups is 1. The summed E-state index contributed by atoms with van der Waals surface area (Å²) in [6.07, 6.45) is 1.53. The lowest BCUT2D eigenvalue weighted by molar-refractivity contribution is -0.298. The van der Waals surface area contributed by atoms with Crippen molar-refractivity contribution in [3.63, 3.8) is 0 Å². The highest BCUT2D eigenvalue weighted by atomic mass is 32.2. The molecule has 1 aromatic heterocycles. The summed E-state index contributed by atoms with van der Waals surface area (Å²) < 4.78 is 11.4. The molecule has 0 amide bonds. The zero-order valence-electron chi connectivity index (χ0n) is 16.2. The average molecular weight is 416 g/mol. The van der Waals surface area contributed by atoms with E-state index in [4.69, 9.17) is 9.15 Å². The van der Waals surface area contributed by atoms with E-state index in [0.29, 0.717) is 29.0 Å². The highest BCUT2D eigenvalue weighted by Gasteiger charge is 2.10. The Hall–Kier alpha value is -3.51. The standard InChI is InChI=1S/C24H19NO4S/c1-16-6-8-18(9-7-16)15-28-19-12-10-17(11-13-19)14-22(23(26)27)30-24-25-20-4-2-3-5-21(20)29-24/h2-14H,15H2,1H3,(H,26,27)/p-1/b22-14+. The van der Waals surface area contributed by atoms with Gasteiger partial charge in [-0.25, -0.2) is 4.98 Å². The zero-order chi connectivity index (χ0) is 20.9. The minimum absolute atomic E-state index is 0.00915. The highest BCUT2D eigenvalue weighted by molar-refractivity contribution is 8.03. The molecule has 0 N–H and O–H groups in total. The van der Waals surface area contributed by atoms with Gasteiger partial charge in [-0.05, 0) is 60.2 Å². The minimum Gasteiger partial charge on any atom is -0.544 e. The molecule has 5 nitrogen and oxygen atoms in total. The minimum atomic E-state index is -1.29. The van der Waals surface area contributed by atoms with Crippen LogP contribution in [0.1, 0.15) is 16.7 Å². The van der Waals surface area contributed by atoms with E-state index < -0.39 is 5.97 Å².